The number of aromatic nitrogens is 2. The zero-order chi connectivity index (χ0) is 13.9. The largest absolute Gasteiger partial charge is 0.353 e. The van der Waals surface area contributed by atoms with E-state index in [9.17, 15) is 0 Å². The van der Waals surface area contributed by atoms with Crippen molar-refractivity contribution in [3.05, 3.63) is 40.6 Å². The van der Waals surface area contributed by atoms with Gasteiger partial charge in [0.2, 0.25) is 5.95 Å². The van der Waals surface area contributed by atoms with Gasteiger partial charge in [-0.15, -0.1) is 0 Å². The number of hydrogen-bond donors (Lipinski definition) is 1. The lowest BCUT2D eigenvalue weighted by Gasteiger charge is -2.23. The maximum Gasteiger partial charge on any atom is 0.207 e. The molecular formula is C16H20BrN3. The first kappa shape index (κ1) is 13.7. The van der Waals surface area contributed by atoms with E-state index in [2.05, 4.69) is 61.3 Å². The number of anilines is 1. The molecule has 0 unspecified atom stereocenters. The second kappa shape index (κ2) is 6.00. The van der Waals surface area contributed by atoms with Crippen LogP contribution in [0.1, 0.15) is 37.8 Å². The summed E-state index contributed by atoms with van der Waals surface area (Å²) in [6.07, 6.45) is 8.64. The summed E-state index contributed by atoms with van der Waals surface area (Å²) in [5, 5.41) is 3.62. The molecule has 1 aliphatic rings. The lowest BCUT2D eigenvalue weighted by molar-refractivity contribution is 0.460. The maximum atomic E-state index is 4.64. The number of nitrogens with one attached hydrogen (secondary N) is 1. The van der Waals surface area contributed by atoms with Gasteiger partial charge in [-0.1, -0.05) is 35.2 Å². The molecule has 0 bridgehead atoms. The van der Waals surface area contributed by atoms with E-state index in [4.69, 9.17) is 0 Å². The molecule has 20 heavy (non-hydrogen) atoms. The molecule has 3 nitrogen and oxygen atoms in total. The lowest BCUT2D eigenvalue weighted by Crippen LogP contribution is -2.24. The van der Waals surface area contributed by atoms with Gasteiger partial charge in [-0.3, -0.25) is 4.57 Å². The van der Waals surface area contributed by atoms with E-state index in [1.54, 1.807) is 0 Å². The van der Waals surface area contributed by atoms with E-state index in [0.29, 0.717) is 6.04 Å². The quantitative estimate of drug-likeness (QED) is 0.883. The van der Waals surface area contributed by atoms with Crippen LogP contribution in [0.2, 0.25) is 0 Å². The first-order valence-corrected chi connectivity index (χ1v) is 8.10. The first-order valence-electron chi connectivity index (χ1n) is 7.31. The zero-order valence-corrected chi connectivity index (χ0v) is 13.4. The van der Waals surface area contributed by atoms with Crippen LogP contribution in [-0.2, 0) is 0 Å². The van der Waals surface area contributed by atoms with Crippen LogP contribution in [0, 0.1) is 6.92 Å². The average Bonchev–Trinajstić information content (AvgIpc) is 2.81. The topological polar surface area (TPSA) is 29.9 Å². The Kier molecular flexibility index (Phi) is 4.10. The molecule has 1 aliphatic carbocycles. The molecule has 0 saturated heterocycles. The molecule has 0 aliphatic heterocycles. The summed E-state index contributed by atoms with van der Waals surface area (Å²) >= 11 is 3.48. The number of aryl methyl sites for hydroxylation is 1. The van der Waals surface area contributed by atoms with Gasteiger partial charge in [0, 0.05) is 22.4 Å². The van der Waals surface area contributed by atoms with E-state index in [0.717, 1.165) is 21.8 Å². The smallest absolute Gasteiger partial charge is 0.207 e. The fraction of sp³-hybridized carbons (Fsp3) is 0.438. The van der Waals surface area contributed by atoms with Gasteiger partial charge < -0.3 is 5.32 Å². The molecule has 0 amide bonds. The Morgan fingerprint density at radius 1 is 1.15 bits per heavy atom. The fourth-order valence-corrected chi connectivity index (χ4v) is 3.09. The minimum atomic E-state index is 0.569. The van der Waals surface area contributed by atoms with Crippen LogP contribution in [0.3, 0.4) is 0 Å². The molecule has 0 radical (unpaired) electrons. The summed E-state index contributed by atoms with van der Waals surface area (Å²) in [5.74, 6) is 0.969. The molecule has 1 aromatic carbocycles. The van der Waals surface area contributed by atoms with Crippen molar-refractivity contribution < 1.29 is 0 Å². The molecule has 0 spiro atoms. The minimum Gasteiger partial charge on any atom is -0.353 e. The van der Waals surface area contributed by atoms with Crippen molar-refractivity contribution >= 4 is 21.9 Å². The number of rotatable bonds is 3. The van der Waals surface area contributed by atoms with Gasteiger partial charge in [0.1, 0.15) is 0 Å². The van der Waals surface area contributed by atoms with E-state index in [1.165, 1.54) is 32.1 Å². The van der Waals surface area contributed by atoms with Gasteiger partial charge in [0.15, 0.2) is 0 Å². The number of benzene rings is 1. The van der Waals surface area contributed by atoms with Crippen LogP contribution in [-0.4, -0.2) is 15.6 Å². The van der Waals surface area contributed by atoms with Crippen molar-refractivity contribution in [2.75, 3.05) is 5.32 Å². The third-order valence-electron chi connectivity index (χ3n) is 3.87. The highest BCUT2D eigenvalue weighted by Crippen LogP contribution is 2.24. The standard InChI is InChI=1S/C16H20BrN3/c1-12-11-20(15-9-7-13(17)8-10-15)16(18-12)19-14-5-3-2-4-6-14/h7-11,14H,2-6H2,1H3,(H,18,19). The molecule has 1 fully saturated rings. The SMILES string of the molecule is Cc1cn(-c2ccc(Br)cc2)c(NC2CCCCC2)n1. The van der Waals surface area contributed by atoms with E-state index >= 15 is 0 Å². The van der Waals surface area contributed by atoms with Gasteiger partial charge in [-0.25, -0.2) is 4.98 Å². The molecular weight excluding hydrogens is 314 g/mol. The highest BCUT2D eigenvalue weighted by molar-refractivity contribution is 9.10. The van der Waals surface area contributed by atoms with Crippen molar-refractivity contribution in [2.24, 2.45) is 0 Å². The molecule has 0 atom stereocenters. The monoisotopic (exact) mass is 333 g/mol. The first-order chi connectivity index (χ1) is 9.72. The number of imidazole rings is 1. The molecule has 3 rings (SSSR count). The molecule has 4 heteroatoms. The fourth-order valence-electron chi connectivity index (χ4n) is 2.83. The number of hydrogen-bond acceptors (Lipinski definition) is 2. The Bertz CT molecular complexity index is 568. The summed E-state index contributed by atoms with van der Waals surface area (Å²) < 4.78 is 3.25. The summed E-state index contributed by atoms with van der Waals surface area (Å²) in [6.45, 7) is 2.04. The molecule has 1 N–H and O–H groups in total. The number of nitrogens with zero attached hydrogens (tertiary/aromatic N) is 2. The lowest BCUT2D eigenvalue weighted by atomic mass is 9.96. The summed E-state index contributed by atoms with van der Waals surface area (Å²) in [5.41, 5.74) is 2.19. The minimum absolute atomic E-state index is 0.569. The van der Waals surface area contributed by atoms with Crippen LogP contribution >= 0.6 is 15.9 Å². The average molecular weight is 334 g/mol. The Balaban J connectivity index is 1.85. The van der Waals surface area contributed by atoms with E-state index in [-0.39, 0.29) is 0 Å². The molecule has 106 valence electrons. The van der Waals surface area contributed by atoms with Crippen LogP contribution < -0.4 is 5.32 Å². The third-order valence-corrected chi connectivity index (χ3v) is 4.40. The predicted octanol–water partition coefficient (Wildman–Crippen LogP) is 4.69. The van der Waals surface area contributed by atoms with E-state index in [1.807, 2.05) is 6.92 Å². The van der Waals surface area contributed by atoms with Crippen molar-refractivity contribution in [3.8, 4) is 5.69 Å². The van der Waals surface area contributed by atoms with Gasteiger partial charge in [-0.2, -0.15) is 0 Å². The van der Waals surface area contributed by atoms with Gasteiger partial charge in [-0.05, 0) is 44.0 Å². The van der Waals surface area contributed by atoms with Crippen molar-refractivity contribution in [2.45, 2.75) is 45.1 Å². The molecule has 2 aromatic rings. The van der Waals surface area contributed by atoms with E-state index < -0.39 is 0 Å². The Morgan fingerprint density at radius 3 is 2.55 bits per heavy atom. The van der Waals surface area contributed by atoms with Crippen molar-refractivity contribution in [1.29, 1.82) is 0 Å². The Morgan fingerprint density at radius 2 is 1.85 bits per heavy atom. The van der Waals surface area contributed by atoms with Crippen LogP contribution in [0.15, 0.2) is 34.9 Å². The second-order valence-electron chi connectivity index (χ2n) is 5.53. The van der Waals surface area contributed by atoms with Crippen molar-refractivity contribution in [3.63, 3.8) is 0 Å². The van der Waals surface area contributed by atoms with Gasteiger partial charge in [0.05, 0.1) is 5.69 Å². The normalized spacial score (nSPS) is 16.3. The third kappa shape index (κ3) is 3.06. The van der Waals surface area contributed by atoms with Crippen LogP contribution in [0.25, 0.3) is 5.69 Å². The summed E-state index contributed by atoms with van der Waals surface area (Å²) in [7, 11) is 0. The van der Waals surface area contributed by atoms with Gasteiger partial charge >= 0.3 is 0 Å². The highest BCUT2D eigenvalue weighted by atomic mass is 79.9. The Labute approximate surface area is 128 Å². The summed E-state index contributed by atoms with van der Waals surface area (Å²) in [4.78, 5) is 4.64. The van der Waals surface area contributed by atoms with Crippen LogP contribution in [0.4, 0.5) is 5.95 Å². The maximum absolute atomic E-state index is 4.64. The Hall–Kier alpha value is -1.29. The molecule has 1 saturated carbocycles. The summed E-state index contributed by atoms with van der Waals surface area (Å²) in [6, 6.07) is 8.92. The highest BCUT2D eigenvalue weighted by Gasteiger charge is 2.16. The number of halogens is 1. The van der Waals surface area contributed by atoms with Crippen molar-refractivity contribution in [1.82, 2.24) is 9.55 Å². The van der Waals surface area contributed by atoms with Gasteiger partial charge in [0.25, 0.3) is 0 Å². The zero-order valence-electron chi connectivity index (χ0n) is 11.8. The molecule has 1 aromatic heterocycles. The van der Waals surface area contributed by atoms with Crippen LogP contribution in [0.5, 0.6) is 0 Å². The predicted molar refractivity (Wildman–Crippen MR) is 86.5 cm³/mol. The molecule has 1 heterocycles. The second-order valence-corrected chi connectivity index (χ2v) is 6.45.